The van der Waals surface area contributed by atoms with Gasteiger partial charge in [0.25, 0.3) is 0 Å². The van der Waals surface area contributed by atoms with Crippen LogP contribution < -0.4 is 4.74 Å². The lowest BCUT2D eigenvalue weighted by Gasteiger charge is -2.32. The predicted molar refractivity (Wildman–Crippen MR) is 158 cm³/mol. The summed E-state index contributed by atoms with van der Waals surface area (Å²) in [6.45, 7) is 16.8. The molecule has 2 heterocycles. The highest BCUT2D eigenvalue weighted by molar-refractivity contribution is 5.69. The van der Waals surface area contributed by atoms with Crippen LogP contribution in [0, 0.1) is 13.8 Å². The number of pyridine rings is 1. The van der Waals surface area contributed by atoms with Gasteiger partial charge >= 0.3 is 0 Å². The third-order valence-electron chi connectivity index (χ3n) is 8.19. The van der Waals surface area contributed by atoms with Crippen LogP contribution in [0.3, 0.4) is 0 Å². The molecule has 3 aromatic rings. The lowest BCUT2D eigenvalue weighted by molar-refractivity contribution is 0.0387. The number of aromatic nitrogens is 1. The van der Waals surface area contributed by atoms with Crippen LogP contribution in [-0.2, 0) is 30.7 Å². The maximum absolute atomic E-state index is 6.52. The number of piperidine rings is 1. The Bertz CT molecular complexity index is 1200. The minimum Gasteiger partial charge on any atom is -0.489 e. The number of nitrogens with zero attached hydrogens (tertiary/aromatic N) is 2. The van der Waals surface area contributed by atoms with Crippen LogP contribution in [-0.4, -0.2) is 36.2 Å². The maximum Gasteiger partial charge on any atom is 0.123 e. The molecule has 38 heavy (non-hydrogen) atoms. The maximum atomic E-state index is 6.52. The number of benzene rings is 2. The first kappa shape index (κ1) is 28.3. The standard InChI is InChI=1S/C34H46N2O2/c1-8-26-11-10-12-27(9-2)34(26)32-19-29(21-36-17-15-30(37-7)16-18-36)31(25(6)35-32)22-38-33-20-28(23(3)4)14-13-24(33)5/h10-14,19-20,23,30H,8-9,15-18,21-22H2,1-7H3. The molecule has 4 heteroatoms. The summed E-state index contributed by atoms with van der Waals surface area (Å²) in [5, 5.41) is 0. The molecule has 204 valence electrons. The molecule has 0 spiro atoms. The van der Waals surface area contributed by atoms with Crippen LogP contribution in [0.25, 0.3) is 11.3 Å². The van der Waals surface area contributed by atoms with E-state index in [1.54, 1.807) is 0 Å². The first-order valence-electron chi connectivity index (χ1n) is 14.4. The van der Waals surface area contributed by atoms with Gasteiger partial charge in [-0.15, -0.1) is 0 Å². The van der Waals surface area contributed by atoms with E-state index in [9.17, 15) is 0 Å². The van der Waals surface area contributed by atoms with Crippen molar-refractivity contribution >= 4 is 0 Å². The average Bonchev–Trinajstić information content (AvgIpc) is 2.93. The molecule has 1 aliphatic rings. The number of ether oxygens (including phenoxy) is 2. The van der Waals surface area contributed by atoms with Gasteiger partial charge in [0, 0.05) is 43.6 Å². The van der Waals surface area contributed by atoms with Crippen molar-refractivity contribution in [3.63, 3.8) is 0 Å². The van der Waals surface area contributed by atoms with Gasteiger partial charge in [0.1, 0.15) is 12.4 Å². The summed E-state index contributed by atoms with van der Waals surface area (Å²) in [5.41, 5.74) is 11.2. The van der Waals surface area contributed by atoms with E-state index in [4.69, 9.17) is 14.5 Å². The van der Waals surface area contributed by atoms with Crippen LogP contribution in [0.1, 0.15) is 85.5 Å². The van der Waals surface area contributed by atoms with Gasteiger partial charge < -0.3 is 9.47 Å². The van der Waals surface area contributed by atoms with Gasteiger partial charge in [-0.3, -0.25) is 9.88 Å². The largest absolute Gasteiger partial charge is 0.489 e. The van der Waals surface area contributed by atoms with Crippen molar-refractivity contribution in [2.45, 2.75) is 92.4 Å². The van der Waals surface area contributed by atoms with Gasteiger partial charge in [0.15, 0.2) is 0 Å². The molecule has 2 aromatic carbocycles. The molecule has 0 atom stereocenters. The minimum absolute atomic E-state index is 0.378. The second kappa shape index (κ2) is 12.9. The number of hydrogen-bond acceptors (Lipinski definition) is 4. The Morgan fingerprint density at radius 2 is 1.63 bits per heavy atom. The first-order chi connectivity index (χ1) is 18.3. The van der Waals surface area contributed by atoms with Crippen LogP contribution in [0.5, 0.6) is 5.75 Å². The molecule has 0 N–H and O–H groups in total. The summed E-state index contributed by atoms with van der Waals surface area (Å²) in [4.78, 5) is 7.77. The fourth-order valence-electron chi connectivity index (χ4n) is 5.63. The van der Waals surface area contributed by atoms with E-state index in [0.717, 1.165) is 62.5 Å². The summed E-state index contributed by atoms with van der Waals surface area (Å²) >= 11 is 0. The van der Waals surface area contributed by atoms with Gasteiger partial charge in [0.2, 0.25) is 0 Å². The molecular weight excluding hydrogens is 468 g/mol. The van der Waals surface area contributed by atoms with Crippen molar-refractivity contribution < 1.29 is 9.47 Å². The Kier molecular flexibility index (Phi) is 9.62. The van der Waals surface area contributed by atoms with E-state index in [-0.39, 0.29) is 0 Å². The van der Waals surface area contributed by atoms with Gasteiger partial charge in [-0.2, -0.15) is 0 Å². The first-order valence-corrected chi connectivity index (χ1v) is 14.4. The van der Waals surface area contributed by atoms with Gasteiger partial charge in [-0.25, -0.2) is 0 Å². The molecule has 1 aliphatic heterocycles. The zero-order valence-electron chi connectivity index (χ0n) is 24.6. The molecule has 1 fully saturated rings. The van der Waals surface area contributed by atoms with Gasteiger partial charge in [0.05, 0.1) is 11.8 Å². The third-order valence-corrected chi connectivity index (χ3v) is 8.19. The normalized spacial score (nSPS) is 14.8. The monoisotopic (exact) mass is 514 g/mol. The average molecular weight is 515 g/mol. The number of aryl methyl sites for hydroxylation is 4. The van der Waals surface area contributed by atoms with Crippen molar-refractivity contribution in [2.75, 3.05) is 20.2 Å². The SMILES string of the molecule is CCc1cccc(CC)c1-c1cc(CN2CCC(OC)CC2)c(COc2cc(C(C)C)ccc2C)c(C)n1. The van der Waals surface area contributed by atoms with E-state index >= 15 is 0 Å². The summed E-state index contributed by atoms with van der Waals surface area (Å²) in [5.74, 6) is 1.44. The molecule has 0 radical (unpaired) electrons. The van der Waals surface area contributed by atoms with E-state index in [1.807, 2.05) is 7.11 Å². The van der Waals surface area contributed by atoms with Crippen LogP contribution in [0.4, 0.5) is 0 Å². The Balaban J connectivity index is 1.71. The molecule has 4 nitrogen and oxygen atoms in total. The summed E-state index contributed by atoms with van der Waals surface area (Å²) in [7, 11) is 1.83. The van der Waals surface area contributed by atoms with Crippen molar-refractivity contribution in [3.8, 4) is 17.0 Å². The summed E-state index contributed by atoms with van der Waals surface area (Å²) in [6, 6.07) is 15.6. The zero-order valence-corrected chi connectivity index (χ0v) is 24.6. The Morgan fingerprint density at radius 3 is 2.24 bits per heavy atom. The van der Waals surface area contributed by atoms with Crippen LogP contribution in [0.15, 0.2) is 42.5 Å². The predicted octanol–water partition coefficient (Wildman–Crippen LogP) is 7.80. The fourth-order valence-corrected chi connectivity index (χ4v) is 5.63. The zero-order chi connectivity index (χ0) is 27.2. The summed E-state index contributed by atoms with van der Waals surface area (Å²) < 4.78 is 12.1. The molecule has 0 amide bonds. The minimum atomic E-state index is 0.378. The molecule has 1 aromatic heterocycles. The number of methoxy groups -OCH3 is 1. The van der Waals surface area contributed by atoms with E-state index in [2.05, 4.69) is 88.9 Å². The second-order valence-corrected chi connectivity index (χ2v) is 11.1. The highest BCUT2D eigenvalue weighted by Gasteiger charge is 2.22. The lowest BCUT2D eigenvalue weighted by Crippen LogP contribution is -2.36. The molecule has 0 aliphatic carbocycles. The van der Waals surface area contributed by atoms with E-state index in [1.165, 1.54) is 38.9 Å². The van der Waals surface area contributed by atoms with Gasteiger partial charge in [-0.1, -0.05) is 58.0 Å². The highest BCUT2D eigenvalue weighted by Crippen LogP contribution is 2.32. The van der Waals surface area contributed by atoms with Crippen molar-refractivity contribution in [2.24, 2.45) is 0 Å². The Morgan fingerprint density at radius 1 is 0.947 bits per heavy atom. The van der Waals surface area contributed by atoms with E-state index in [0.29, 0.717) is 18.6 Å². The second-order valence-electron chi connectivity index (χ2n) is 11.1. The van der Waals surface area contributed by atoms with E-state index < -0.39 is 0 Å². The van der Waals surface area contributed by atoms with Crippen LogP contribution >= 0.6 is 0 Å². The van der Waals surface area contributed by atoms with Crippen LogP contribution in [0.2, 0.25) is 0 Å². The molecule has 1 saturated heterocycles. The van der Waals surface area contributed by atoms with Crippen molar-refractivity contribution in [1.82, 2.24) is 9.88 Å². The Labute approximate surface area is 230 Å². The molecule has 0 unspecified atom stereocenters. The molecule has 0 bridgehead atoms. The molecular formula is C34H46N2O2. The fraction of sp³-hybridized carbons (Fsp3) is 0.500. The summed E-state index contributed by atoms with van der Waals surface area (Å²) in [6.07, 6.45) is 4.54. The van der Waals surface area contributed by atoms with Gasteiger partial charge in [-0.05, 0) is 85.4 Å². The molecule has 0 saturated carbocycles. The quantitative estimate of drug-likeness (QED) is 0.276. The number of rotatable bonds is 10. The lowest BCUT2D eigenvalue weighted by atomic mass is 9.92. The number of hydrogen-bond donors (Lipinski definition) is 0. The highest BCUT2D eigenvalue weighted by atomic mass is 16.5. The Hall–Kier alpha value is -2.69. The smallest absolute Gasteiger partial charge is 0.123 e. The van der Waals surface area contributed by atoms with Crippen molar-refractivity contribution in [3.05, 3.63) is 81.5 Å². The number of likely N-dealkylation sites (tertiary alicyclic amines) is 1. The van der Waals surface area contributed by atoms with Crippen molar-refractivity contribution in [1.29, 1.82) is 0 Å². The molecule has 4 rings (SSSR count). The third kappa shape index (κ3) is 6.47. The topological polar surface area (TPSA) is 34.6 Å².